The van der Waals surface area contributed by atoms with Crippen LogP contribution in [0.5, 0.6) is 5.75 Å². The average Bonchev–Trinajstić information content (AvgIpc) is 3.16. The van der Waals surface area contributed by atoms with Crippen LogP contribution in [0, 0.1) is 5.41 Å². The van der Waals surface area contributed by atoms with Crippen molar-refractivity contribution >= 4 is 11.6 Å². The molecule has 0 aliphatic carbocycles. The Morgan fingerprint density at radius 3 is 2.48 bits per heavy atom. The van der Waals surface area contributed by atoms with E-state index in [2.05, 4.69) is 10.3 Å². The van der Waals surface area contributed by atoms with E-state index in [1.807, 2.05) is 79.2 Å². The van der Waals surface area contributed by atoms with Crippen molar-refractivity contribution in [1.29, 1.82) is 0 Å². The Hall–Kier alpha value is -3.08. The number of ether oxygens (including phenoxy) is 1. The molecule has 0 radical (unpaired) electrons. The number of rotatable bonds is 6. The minimum absolute atomic E-state index is 0.0752. The maximum atomic E-state index is 12.5. The summed E-state index contributed by atoms with van der Waals surface area (Å²) in [6, 6.07) is 17.1. The molecule has 5 heteroatoms. The van der Waals surface area contributed by atoms with Crippen LogP contribution in [-0.4, -0.2) is 22.1 Å². The monoisotopic (exact) mass is 335 g/mol. The smallest absolute Gasteiger partial charge is 0.233 e. The van der Waals surface area contributed by atoms with E-state index in [0.717, 1.165) is 17.1 Å². The molecule has 0 fully saturated rings. The maximum Gasteiger partial charge on any atom is 0.233 e. The van der Waals surface area contributed by atoms with Crippen LogP contribution in [-0.2, 0) is 4.79 Å². The third-order valence-electron chi connectivity index (χ3n) is 3.89. The molecule has 0 unspecified atom stereocenters. The molecule has 25 heavy (non-hydrogen) atoms. The molecule has 1 aromatic heterocycles. The van der Waals surface area contributed by atoms with Gasteiger partial charge in [-0.1, -0.05) is 18.2 Å². The zero-order chi connectivity index (χ0) is 17.7. The first kappa shape index (κ1) is 16.8. The summed E-state index contributed by atoms with van der Waals surface area (Å²) in [4.78, 5) is 16.5. The van der Waals surface area contributed by atoms with E-state index >= 15 is 0 Å². The number of carbonyl (C=O) groups is 1. The summed E-state index contributed by atoms with van der Waals surface area (Å²) in [5.41, 5.74) is 1.13. The Balaban J connectivity index is 1.58. The van der Waals surface area contributed by atoms with Crippen LogP contribution < -0.4 is 10.1 Å². The summed E-state index contributed by atoms with van der Waals surface area (Å²) in [6.07, 6.45) is 5.36. The van der Waals surface area contributed by atoms with E-state index in [-0.39, 0.29) is 12.5 Å². The number of hydrogen-bond acceptors (Lipinski definition) is 3. The molecule has 0 saturated carbocycles. The van der Waals surface area contributed by atoms with E-state index in [9.17, 15) is 4.79 Å². The van der Waals surface area contributed by atoms with Gasteiger partial charge in [0.1, 0.15) is 12.4 Å². The summed E-state index contributed by atoms with van der Waals surface area (Å²) in [7, 11) is 0. The number of carbonyl (C=O) groups excluding carboxylic acids is 1. The Morgan fingerprint density at radius 1 is 1.12 bits per heavy atom. The highest BCUT2D eigenvalue weighted by molar-refractivity contribution is 5.94. The van der Waals surface area contributed by atoms with E-state index < -0.39 is 5.41 Å². The summed E-state index contributed by atoms with van der Waals surface area (Å²) >= 11 is 0. The summed E-state index contributed by atoms with van der Waals surface area (Å²) in [6.45, 7) is 4.02. The molecule has 128 valence electrons. The van der Waals surface area contributed by atoms with E-state index in [1.54, 1.807) is 12.5 Å². The van der Waals surface area contributed by atoms with Gasteiger partial charge >= 0.3 is 0 Å². The van der Waals surface area contributed by atoms with Crippen molar-refractivity contribution in [1.82, 2.24) is 9.55 Å². The second-order valence-electron chi connectivity index (χ2n) is 6.46. The molecule has 0 bridgehead atoms. The molecular formula is C20H21N3O2. The van der Waals surface area contributed by atoms with Crippen molar-refractivity contribution in [2.24, 2.45) is 5.41 Å². The highest BCUT2D eigenvalue weighted by atomic mass is 16.5. The predicted octanol–water partition coefficient (Wildman–Crippen LogP) is 3.92. The van der Waals surface area contributed by atoms with Crippen molar-refractivity contribution in [3.63, 3.8) is 0 Å². The predicted molar refractivity (Wildman–Crippen MR) is 97.9 cm³/mol. The zero-order valence-corrected chi connectivity index (χ0v) is 14.3. The van der Waals surface area contributed by atoms with Gasteiger partial charge in [-0.05, 0) is 50.2 Å². The van der Waals surface area contributed by atoms with Gasteiger partial charge in [0.25, 0.3) is 0 Å². The number of aromatic nitrogens is 2. The first-order chi connectivity index (χ1) is 12.0. The van der Waals surface area contributed by atoms with Gasteiger partial charge in [0, 0.05) is 23.8 Å². The fraction of sp³-hybridized carbons (Fsp3) is 0.200. The Labute approximate surface area is 147 Å². The lowest BCUT2D eigenvalue weighted by Crippen LogP contribution is -2.36. The van der Waals surface area contributed by atoms with Crippen molar-refractivity contribution in [2.45, 2.75) is 13.8 Å². The molecule has 1 heterocycles. The number of anilines is 1. The number of nitrogens with zero attached hydrogens (tertiary/aromatic N) is 2. The van der Waals surface area contributed by atoms with Crippen LogP contribution in [0.15, 0.2) is 73.3 Å². The number of para-hydroxylation sites is 1. The molecule has 3 rings (SSSR count). The zero-order valence-electron chi connectivity index (χ0n) is 14.3. The van der Waals surface area contributed by atoms with Gasteiger partial charge in [-0.3, -0.25) is 4.79 Å². The van der Waals surface area contributed by atoms with E-state index in [1.165, 1.54) is 0 Å². The normalized spacial score (nSPS) is 11.1. The Morgan fingerprint density at radius 2 is 1.84 bits per heavy atom. The third kappa shape index (κ3) is 4.26. The van der Waals surface area contributed by atoms with Crippen LogP contribution in [0.2, 0.25) is 0 Å². The largest absolute Gasteiger partial charge is 0.492 e. The molecule has 5 nitrogen and oxygen atoms in total. The number of amides is 1. The minimum Gasteiger partial charge on any atom is -0.492 e. The Kier molecular flexibility index (Phi) is 4.84. The van der Waals surface area contributed by atoms with Gasteiger partial charge in [0.2, 0.25) is 5.91 Å². The van der Waals surface area contributed by atoms with Crippen LogP contribution in [0.3, 0.4) is 0 Å². The minimum atomic E-state index is -0.654. The molecule has 1 N–H and O–H groups in total. The van der Waals surface area contributed by atoms with Gasteiger partial charge in [-0.15, -0.1) is 0 Å². The number of hydrogen-bond donors (Lipinski definition) is 1. The molecule has 0 aliphatic rings. The summed E-state index contributed by atoms with van der Waals surface area (Å²) < 4.78 is 7.73. The summed E-state index contributed by atoms with van der Waals surface area (Å²) in [5, 5.41) is 2.92. The molecule has 0 saturated heterocycles. The molecule has 3 aromatic rings. The fourth-order valence-electron chi connectivity index (χ4n) is 2.28. The summed E-state index contributed by atoms with van der Waals surface area (Å²) in [5.74, 6) is 0.651. The number of imidazole rings is 1. The quantitative estimate of drug-likeness (QED) is 0.743. The van der Waals surface area contributed by atoms with Crippen molar-refractivity contribution in [3.05, 3.63) is 73.3 Å². The molecular weight excluding hydrogens is 314 g/mol. The first-order valence-electron chi connectivity index (χ1n) is 8.12. The molecule has 1 amide bonds. The Bertz CT molecular complexity index is 810. The third-order valence-corrected chi connectivity index (χ3v) is 3.89. The fourth-order valence-corrected chi connectivity index (χ4v) is 2.28. The van der Waals surface area contributed by atoms with Crippen LogP contribution in [0.25, 0.3) is 5.69 Å². The van der Waals surface area contributed by atoms with Crippen LogP contribution in [0.1, 0.15) is 13.8 Å². The highest BCUT2D eigenvalue weighted by Crippen LogP contribution is 2.22. The lowest BCUT2D eigenvalue weighted by molar-refractivity contribution is -0.125. The van der Waals surface area contributed by atoms with Crippen LogP contribution >= 0.6 is 0 Å². The second kappa shape index (κ2) is 7.21. The number of nitrogens with one attached hydrogen (secondary N) is 1. The van der Waals surface area contributed by atoms with Crippen molar-refractivity contribution in [2.75, 3.05) is 11.9 Å². The van der Waals surface area contributed by atoms with E-state index in [4.69, 9.17) is 4.74 Å². The van der Waals surface area contributed by atoms with Gasteiger partial charge in [-0.2, -0.15) is 0 Å². The number of benzene rings is 2. The van der Waals surface area contributed by atoms with Crippen LogP contribution in [0.4, 0.5) is 5.69 Å². The topological polar surface area (TPSA) is 56.2 Å². The average molecular weight is 335 g/mol. The van der Waals surface area contributed by atoms with Gasteiger partial charge in [-0.25, -0.2) is 4.98 Å². The van der Waals surface area contributed by atoms with Crippen molar-refractivity contribution < 1.29 is 9.53 Å². The molecule has 2 aromatic carbocycles. The van der Waals surface area contributed by atoms with Gasteiger partial charge in [0.05, 0.1) is 11.7 Å². The molecule has 0 aliphatic heterocycles. The van der Waals surface area contributed by atoms with Gasteiger partial charge in [0.15, 0.2) is 0 Å². The lowest BCUT2D eigenvalue weighted by atomic mass is 9.93. The highest BCUT2D eigenvalue weighted by Gasteiger charge is 2.28. The molecule has 0 spiro atoms. The van der Waals surface area contributed by atoms with E-state index in [0.29, 0.717) is 0 Å². The second-order valence-corrected chi connectivity index (χ2v) is 6.46. The standard InChI is InChI=1S/C20H21N3O2/c1-20(2,19(24)22-16-6-4-3-5-7-16)14-25-18-10-8-17(9-11-18)23-13-12-21-15-23/h3-13,15H,14H2,1-2H3,(H,22,24). The van der Waals surface area contributed by atoms with Gasteiger partial charge < -0.3 is 14.6 Å². The molecule has 0 atom stereocenters. The van der Waals surface area contributed by atoms with Crippen molar-refractivity contribution in [3.8, 4) is 11.4 Å². The SMILES string of the molecule is CC(C)(COc1ccc(-n2ccnc2)cc1)C(=O)Nc1ccccc1. The first-order valence-corrected chi connectivity index (χ1v) is 8.12. The maximum absolute atomic E-state index is 12.5. The lowest BCUT2D eigenvalue weighted by Gasteiger charge is -2.24.